The zero-order valence-corrected chi connectivity index (χ0v) is 28.0. The lowest BCUT2D eigenvalue weighted by Crippen LogP contribution is -2.25. The molecule has 3 aromatic carbocycles. The summed E-state index contributed by atoms with van der Waals surface area (Å²) in [5, 5.41) is 30.8. The molecule has 0 radical (unpaired) electrons. The highest BCUT2D eigenvalue weighted by atomic mass is 79.9. The van der Waals surface area contributed by atoms with E-state index in [0.29, 0.717) is 28.9 Å². The first-order valence-corrected chi connectivity index (χ1v) is 16.2. The van der Waals surface area contributed by atoms with Gasteiger partial charge in [0, 0.05) is 40.3 Å². The number of benzene rings is 3. The first-order chi connectivity index (χ1) is 23.0. The number of nitrogens with zero attached hydrogens (tertiary/aromatic N) is 6. The largest absolute Gasteiger partial charge is 0.586 e. The molecule has 8 rings (SSSR count). The maximum Gasteiger partial charge on any atom is 0.586 e. The van der Waals surface area contributed by atoms with Gasteiger partial charge in [-0.15, -0.1) is 8.78 Å². The SMILES string of the molecule is CC(C)Cc1nc(-c2ccc3[nH]nc(-c4ccc5c(c4)OC(F)(F)O5)c3c2)n[nH]1.CC(C)Cc1nc(-c2ccc3n[nH]c(Br)c3c2)n[nH]1. The van der Waals surface area contributed by atoms with Gasteiger partial charge >= 0.3 is 6.29 Å². The maximum atomic E-state index is 13.3. The lowest BCUT2D eigenvalue weighted by molar-refractivity contribution is -0.286. The van der Waals surface area contributed by atoms with E-state index >= 15 is 0 Å². The molecular formula is C33H31BrF2N10O2. The van der Waals surface area contributed by atoms with Crippen LogP contribution in [0.3, 0.4) is 0 Å². The van der Waals surface area contributed by atoms with Gasteiger partial charge in [0.1, 0.15) is 21.9 Å². The van der Waals surface area contributed by atoms with E-state index in [-0.39, 0.29) is 11.5 Å². The minimum atomic E-state index is -3.65. The van der Waals surface area contributed by atoms with Gasteiger partial charge in [0.05, 0.1) is 11.0 Å². The number of nitrogens with one attached hydrogen (secondary N) is 4. The van der Waals surface area contributed by atoms with Crippen LogP contribution in [-0.2, 0) is 12.8 Å². The van der Waals surface area contributed by atoms with Crippen LogP contribution in [0.25, 0.3) is 55.8 Å². The summed E-state index contributed by atoms with van der Waals surface area (Å²) in [6.45, 7) is 8.56. The highest BCUT2D eigenvalue weighted by Gasteiger charge is 2.43. The standard InChI is InChI=1S/C20H17F2N5O2.C13H14BrN5/c1-10(2)7-17-23-19(27-25-17)12-3-5-14-13(8-12)18(26-24-14)11-4-6-15-16(9-11)29-20(21,22)28-15;1-7(2)5-11-15-13(19-17-11)8-3-4-10-9(6-8)12(14)18-16-10/h3-6,8-10H,7H2,1-2H3,(H,24,26)(H,23,25,27);3-4,6-7H,5H2,1-2H3,(H,16,18)(H,15,17,19). The third kappa shape index (κ3) is 6.50. The molecule has 0 aliphatic carbocycles. The zero-order chi connectivity index (χ0) is 33.6. The van der Waals surface area contributed by atoms with Gasteiger partial charge in [-0.05, 0) is 82.4 Å². The lowest BCUT2D eigenvalue weighted by atomic mass is 10.0. The van der Waals surface area contributed by atoms with E-state index in [4.69, 9.17) is 0 Å². The van der Waals surface area contributed by atoms with Crippen LogP contribution < -0.4 is 9.47 Å². The second kappa shape index (κ2) is 12.4. The van der Waals surface area contributed by atoms with Crippen molar-refractivity contribution < 1.29 is 18.3 Å². The van der Waals surface area contributed by atoms with Crippen LogP contribution in [0.2, 0.25) is 0 Å². The molecular weight excluding hydrogens is 686 g/mol. The van der Waals surface area contributed by atoms with Crippen LogP contribution in [0.1, 0.15) is 39.3 Å². The number of hydrogen-bond acceptors (Lipinski definition) is 8. The van der Waals surface area contributed by atoms with E-state index in [9.17, 15) is 8.78 Å². The summed E-state index contributed by atoms with van der Waals surface area (Å²) in [7, 11) is 0. The maximum absolute atomic E-state index is 13.3. The first-order valence-electron chi connectivity index (χ1n) is 15.4. The van der Waals surface area contributed by atoms with Crippen LogP contribution in [0.5, 0.6) is 11.5 Å². The number of halogens is 3. The number of rotatable bonds is 7. The summed E-state index contributed by atoms with van der Waals surface area (Å²) in [5.41, 5.74) is 4.79. The van der Waals surface area contributed by atoms with E-state index in [1.165, 1.54) is 12.1 Å². The molecule has 12 nitrogen and oxygen atoms in total. The predicted molar refractivity (Wildman–Crippen MR) is 179 cm³/mol. The van der Waals surface area contributed by atoms with Crippen molar-refractivity contribution in [2.75, 3.05) is 0 Å². The number of ether oxygens (including phenoxy) is 2. The number of alkyl halides is 2. The molecule has 7 aromatic rings. The highest BCUT2D eigenvalue weighted by molar-refractivity contribution is 9.10. The molecule has 0 bridgehead atoms. The number of aromatic amines is 4. The monoisotopic (exact) mass is 716 g/mol. The first kappa shape index (κ1) is 31.4. The molecule has 5 heterocycles. The fourth-order valence-corrected chi connectivity index (χ4v) is 5.80. The van der Waals surface area contributed by atoms with Crippen molar-refractivity contribution in [3.63, 3.8) is 0 Å². The molecule has 15 heteroatoms. The van der Waals surface area contributed by atoms with Gasteiger partial charge in [-0.3, -0.25) is 20.4 Å². The van der Waals surface area contributed by atoms with Gasteiger partial charge in [-0.1, -0.05) is 27.7 Å². The summed E-state index contributed by atoms with van der Waals surface area (Å²) >= 11 is 3.44. The van der Waals surface area contributed by atoms with Crippen molar-refractivity contribution in [3.05, 3.63) is 70.8 Å². The summed E-state index contributed by atoms with van der Waals surface area (Å²) in [6, 6.07) is 16.3. The van der Waals surface area contributed by atoms with Gasteiger partial charge < -0.3 is 9.47 Å². The van der Waals surface area contributed by atoms with Gasteiger partial charge in [0.15, 0.2) is 23.1 Å². The van der Waals surface area contributed by atoms with E-state index in [1.807, 2.05) is 36.4 Å². The van der Waals surface area contributed by atoms with Crippen LogP contribution in [0.15, 0.2) is 59.2 Å². The third-order valence-corrected chi connectivity index (χ3v) is 8.13. The summed E-state index contributed by atoms with van der Waals surface area (Å²) < 4.78 is 36.5. The fourth-order valence-electron chi connectivity index (χ4n) is 5.39. The Balaban J connectivity index is 0.000000166. The van der Waals surface area contributed by atoms with E-state index in [0.717, 1.165) is 67.9 Å². The Labute approximate surface area is 281 Å². The summed E-state index contributed by atoms with van der Waals surface area (Å²) in [6.07, 6.45) is -1.93. The lowest BCUT2D eigenvalue weighted by Gasteiger charge is -2.04. The molecule has 0 saturated carbocycles. The number of fused-ring (bicyclic) bond motifs is 3. The van der Waals surface area contributed by atoms with Gasteiger partial charge in [-0.2, -0.15) is 20.4 Å². The third-order valence-electron chi connectivity index (χ3n) is 7.53. The van der Waals surface area contributed by atoms with E-state index in [1.54, 1.807) is 6.07 Å². The Bertz CT molecular complexity index is 2240. The molecule has 4 N–H and O–H groups in total. The second-order valence-corrected chi connectivity index (χ2v) is 13.1. The van der Waals surface area contributed by atoms with Crippen molar-refractivity contribution in [2.45, 2.75) is 46.8 Å². The molecule has 0 unspecified atom stereocenters. The summed E-state index contributed by atoms with van der Waals surface area (Å²) in [4.78, 5) is 9.09. The quantitative estimate of drug-likeness (QED) is 0.130. The number of hydrogen-bond donors (Lipinski definition) is 4. The van der Waals surface area contributed by atoms with E-state index in [2.05, 4.69) is 104 Å². The van der Waals surface area contributed by atoms with Crippen molar-refractivity contribution in [3.8, 4) is 45.5 Å². The van der Waals surface area contributed by atoms with Crippen LogP contribution in [-0.4, -0.2) is 57.1 Å². The van der Waals surface area contributed by atoms with Gasteiger partial charge in [0.2, 0.25) is 0 Å². The van der Waals surface area contributed by atoms with Crippen molar-refractivity contribution in [2.24, 2.45) is 11.8 Å². The minimum absolute atomic E-state index is 0.00214. The molecule has 1 aliphatic heterocycles. The molecule has 1 aliphatic rings. The Morgan fingerprint density at radius 1 is 0.667 bits per heavy atom. The van der Waals surface area contributed by atoms with Gasteiger partial charge in [0.25, 0.3) is 0 Å². The van der Waals surface area contributed by atoms with Crippen molar-refractivity contribution in [1.82, 2.24) is 50.8 Å². The smallest absolute Gasteiger partial charge is 0.395 e. The Kier molecular flexibility index (Phi) is 8.15. The predicted octanol–water partition coefficient (Wildman–Crippen LogP) is 7.84. The zero-order valence-electron chi connectivity index (χ0n) is 26.4. The molecule has 0 atom stereocenters. The Hall–Kier alpha value is -5.18. The average Bonchev–Trinajstić information content (AvgIpc) is 3.87. The topological polar surface area (TPSA) is 159 Å². The van der Waals surface area contributed by atoms with Crippen molar-refractivity contribution in [1.29, 1.82) is 0 Å². The molecule has 0 fully saturated rings. The van der Waals surface area contributed by atoms with Crippen LogP contribution >= 0.6 is 15.9 Å². The molecule has 246 valence electrons. The highest BCUT2D eigenvalue weighted by Crippen LogP contribution is 2.43. The second-order valence-electron chi connectivity index (χ2n) is 12.3. The average molecular weight is 718 g/mol. The van der Waals surface area contributed by atoms with Crippen molar-refractivity contribution >= 4 is 37.7 Å². The fraction of sp³-hybridized carbons (Fsp3) is 0.273. The van der Waals surface area contributed by atoms with Crippen LogP contribution in [0.4, 0.5) is 8.78 Å². The van der Waals surface area contributed by atoms with Gasteiger partial charge in [-0.25, -0.2) is 9.97 Å². The minimum Gasteiger partial charge on any atom is -0.395 e. The Morgan fingerprint density at radius 3 is 1.94 bits per heavy atom. The Morgan fingerprint density at radius 2 is 1.27 bits per heavy atom. The molecule has 0 saturated heterocycles. The normalized spacial score (nSPS) is 13.5. The number of aromatic nitrogens is 10. The van der Waals surface area contributed by atoms with Crippen LogP contribution in [0, 0.1) is 11.8 Å². The molecule has 48 heavy (non-hydrogen) atoms. The molecule has 4 aromatic heterocycles. The molecule has 0 spiro atoms. The number of H-pyrrole nitrogens is 4. The van der Waals surface area contributed by atoms with E-state index < -0.39 is 6.29 Å². The summed E-state index contributed by atoms with van der Waals surface area (Å²) in [5.74, 6) is 4.09. The molecule has 0 amide bonds.